The third-order valence-corrected chi connectivity index (χ3v) is 4.81. The molecule has 0 fully saturated rings. The van der Waals surface area contributed by atoms with E-state index >= 15 is 0 Å². The van der Waals surface area contributed by atoms with Gasteiger partial charge < -0.3 is 29.2 Å². The number of carboxylic acid groups (broad SMARTS) is 1. The minimum Gasteiger partial charge on any atom is -0.497 e. The second-order valence-corrected chi connectivity index (χ2v) is 6.39. The molecule has 1 unspecified atom stereocenters. The summed E-state index contributed by atoms with van der Waals surface area (Å²) in [6, 6.07) is 13.7. The summed E-state index contributed by atoms with van der Waals surface area (Å²) in [7, 11) is 3.07. The Hall–Kier alpha value is -3.94. The topological polar surface area (TPSA) is 108 Å². The lowest BCUT2D eigenvalue weighted by atomic mass is 10.0. The van der Waals surface area contributed by atoms with Gasteiger partial charge in [0.25, 0.3) is 0 Å². The Bertz CT molecular complexity index is 1070. The number of nitrogens with zero attached hydrogens (tertiary/aromatic N) is 1. The van der Waals surface area contributed by atoms with Crippen LogP contribution in [0.25, 0.3) is 0 Å². The Balaban J connectivity index is 1.85. The molecule has 8 heteroatoms. The van der Waals surface area contributed by atoms with Gasteiger partial charge in [-0.3, -0.25) is 5.41 Å². The van der Waals surface area contributed by atoms with Gasteiger partial charge in [-0.05, 0) is 42.5 Å². The van der Waals surface area contributed by atoms with E-state index in [4.69, 9.17) is 19.3 Å². The van der Waals surface area contributed by atoms with Crippen LogP contribution in [0.2, 0.25) is 0 Å². The minimum atomic E-state index is -1.04. The SMILES string of the molecule is COc1ccc(N2C(=N)c3ccoc3NC2c2ccc(C(=O)O)cc2OC)cc1. The monoisotopic (exact) mass is 393 g/mol. The van der Waals surface area contributed by atoms with Gasteiger partial charge in [0, 0.05) is 11.3 Å². The number of furan rings is 1. The second-order valence-electron chi connectivity index (χ2n) is 6.39. The molecule has 0 aliphatic carbocycles. The number of nitrogens with one attached hydrogen (secondary N) is 2. The number of hydrogen-bond acceptors (Lipinski definition) is 6. The van der Waals surface area contributed by atoms with E-state index in [1.165, 1.54) is 25.5 Å². The lowest BCUT2D eigenvalue weighted by Gasteiger charge is -2.38. The highest BCUT2D eigenvalue weighted by molar-refractivity contribution is 6.13. The van der Waals surface area contributed by atoms with E-state index in [0.717, 1.165) is 5.69 Å². The summed E-state index contributed by atoms with van der Waals surface area (Å²) in [4.78, 5) is 13.1. The first-order valence-electron chi connectivity index (χ1n) is 8.81. The summed E-state index contributed by atoms with van der Waals surface area (Å²) in [6.45, 7) is 0. The van der Waals surface area contributed by atoms with Gasteiger partial charge in [-0.25, -0.2) is 4.79 Å². The van der Waals surface area contributed by atoms with Crippen LogP contribution in [-0.4, -0.2) is 31.1 Å². The van der Waals surface area contributed by atoms with Gasteiger partial charge in [0.05, 0.1) is 31.6 Å². The van der Waals surface area contributed by atoms with Crippen LogP contribution in [-0.2, 0) is 0 Å². The van der Waals surface area contributed by atoms with E-state index in [1.54, 1.807) is 24.1 Å². The van der Waals surface area contributed by atoms with E-state index in [0.29, 0.717) is 28.5 Å². The average Bonchev–Trinajstić information content (AvgIpc) is 3.22. The number of hydrogen-bond donors (Lipinski definition) is 3. The van der Waals surface area contributed by atoms with Crippen molar-refractivity contribution in [3.63, 3.8) is 0 Å². The van der Waals surface area contributed by atoms with Crippen LogP contribution < -0.4 is 19.7 Å². The van der Waals surface area contributed by atoms with Gasteiger partial charge in [-0.2, -0.15) is 0 Å². The molecule has 3 N–H and O–H groups in total. The zero-order valence-electron chi connectivity index (χ0n) is 15.8. The van der Waals surface area contributed by atoms with Crippen LogP contribution in [0.4, 0.5) is 11.6 Å². The largest absolute Gasteiger partial charge is 0.497 e. The summed E-state index contributed by atoms with van der Waals surface area (Å²) >= 11 is 0. The number of anilines is 2. The van der Waals surface area contributed by atoms with Crippen LogP contribution in [0.1, 0.15) is 27.7 Å². The average molecular weight is 393 g/mol. The molecule has 0 spiro atoms. The van der Waals surface area contributed by atoms with E-state index in [2.05, 4.69) is 5.32 Å². The van der Waals surface area contributed by atoms with Gasteiger partial charge in [0.1, 0.15) is 23.5 Å². The quantitative estimate of drug-likeness (QED) is 0.602. The Labute approximate surface area is 166 Å². The molecule has 3 aromatic rings. The van der Waals surface area contributed by atoms with E-state index in [-0.39, 0.29) is 11.4 Å². The molecule has 1 aromatic heterocycles. The van der Waals surface area contributed by atoms with Crippen molar-refractivity contribution in [3.8, 4) is 11.5 Å². The van der Waals surface area contributed by atoms with E-state index < -0.39 is 12.1 Å². The maximum Gasteiger partial charge on any atom is 0.335 e. The number of amidine groups is 1. The number of methoxy groups -OCH3 is 2. The number of aromatic carboxylic acids is 1. The van der Waals surface area contributed by atoms with Crippen molar-refractivity contribution < 1.29 is 23.8 Å². The molecule has 0 saturated heterocycles. The molecule has 148 valence electrons. The Kier molecular flexibility index (Phi) is 4.59. The van der Waals surface area contributed by atoms with E-state index in [1.807, 2.05) is 24.3 Å². The summed E-state index contributed by atoms with van der Waals surface area (Å²) in [5.74, 6) is 0.763. The first-order chi connectivity index (χ1) is 14.0. The molecule has 0 bridgehead atoms. The number of carboxylic acids is 1. The number of carbonyl (C=O) groups is 1. The van der Waals surface area contributed by atoms with Crippen molar-refractivity contribution in [1.82, 2.24) is 0 Å². The predicted octanol–water partition coefficient (Wildman–Crippen LogP) is 3.95. The summed E-state index contributed by atoms with van der Waals surface area (Å²) in [5, 5.41) is 21.3. The van der Waals surface area contributed by atoms with Crippen LogP contribution in [0.15, 0.2) is 59.2 Å². The van der Waals surface area contributed by atoms with Crippen molar-refractivity contribution in [1.29, 1.82) is 5.41 Å². The number of rotatable bonds is 5. The maximum absolute atomic E-state index is 11.3. The summed E-state index contributed by atoms with van der Waals surface area (Å²) in [5.41, 5.74) is 2.16. The first kappa shape index (κ1) is 18.4. The molecule has 0 saturated carbocycles. The smallest absolute Gasteiger partial charge is 0.335 e. The molecule has 2 heterocycles. The van der Waals surface area contributed by atoms with Gasteiger partial charge >= 0.3 is 5.97 Å². The van der Waals surface area contributed by atoms with Crippen molar-refractivity contribution in [2.45, 2.75) is 6.17 Å². The summed E-state index contributed by atoms with van der Waals surface area (Å²) in [6.07, 6.45) is 0.971. The maximum atomic E-state index is 11.3. The predicted molar refractivity (Wildman–Crippen MR) is 107 cm³/mol. The number of ether oxygens (including phenoxy) is 2. The first-order valence-corrected chi connectivity index (χ1v) is 8.81. The molecule has 1 atom stereocenters. The molecule has 0 amide bonds. The highest BCUT2D eigenvalue weighted by Gasteiger charge is 2.35. The lowest BCUT2D eigenvalue weighted by molar-refractivity contribution is 0.0696. The molecule has 4 rings (SSSR count). The Morgan fingerprint density at radius 3 is 2.55 bits per heavy atom. The molecule has 1 aliphatic rings. The molecular formula is C21H19N3O5. The zero-order chi connectivity index (χ0) is 20.5. The van der Waals surface area contributed by atoms with Crippen molar-refractivity contribution in [2.24, 2.45) is 0 Å². The fraction of sp³-hybridized carbons (Fsp3) is 0.143. The van der Waals surface area contributed by atoms with Crippen molar-refractivity contribution >= 4 is 23.4 Å². The molecule has 2 aromatic carbocycles. The van der Waals surface area contributed by atoms with Crippen LogP contribution in [0, 0.1) is 5.41 Å². The van der Waals surface area contributed by atoms with Gasteiger partial charge in [0.2, 0.25) is 5.88 Å². The van der Waals surface area contributed by atoms with Gasteiger partial charge in [-0.15, -0.1) is 0 Å². The minimum absolute atomic E-state index is 0.117. The fourth-order valence-electron chi connectivity index (χ4n) is 3.36. The Morgan fingerprint density at radius 2 is 1.90 bits per heavy atom. The third-order valence-electron chi connectivity index (χ3n) is 4.81. The van der Waals surface area contributed by atoms with Gasteiger partial charge in [0.15, 0.2) is 0 Å². The zero-order valence-corrected chi connectivity index (χ0v) is 15.8. The van der Waals surface area contributed by atoms with Crippen LogP contribution in [0.5, 0.6) is 11.5 Å². The van der Waals surface area contributed by atoms with E-state index in [9.17, 15) is 9.90 Å². The Morgan fingerprint density at radius 1 is 1.14 bits per heavy atom. The standard InChI is InChI=1S/C21H19N3O5/c1-27-14-6-4-13(5-7-14)24-18(22)16-9-10-29-20(16)23-19(24)15-8-3-12(21(25)26)11-17(15)28-2/h3-11,19,22-23H,1-2H3,(H,25,26). The second kappa shape index (κ2) is 7.23. The normalized spacial score (nSPS) is 15.4. The third kappa shape index (κ3) is 3.14. The van der Waals surface area contributed by atoms with Gasteiger partial charge in [-0.1, -0.05) is 6.07 Å². The summed E-state index contributed by atoms with van der Waals surface area (Å²) < 4.78 is 16.2. The van der Waals surface area contributed by atoms with Crippen LogP contribution >= 0.6 is 0 Å². The number of fused-ring (bicyclic) bond motifs is 1. The van der Waals surface area contributed by atoms with Crippen LogP contribution in [0.3, 0.4) is 0 Å². The molecular weight excluding hydrogens is 374 g/mol. The molecule has 8 nitrogen and oxygen atoms in total. The lowest BCUT2D eigenvalue weighted by Crippen LogP contribution is -2.42. The highest BCUT2D eigenvalue weighted by atomic mass is 16.5. The fourth-order valence-corrected chi connectivity index (χ4v) is 3.36. The molecule has 1 aliphatic heterocycles. The molecule has 0 radical (unpaired) electrons. The van der Waals surface area contributed by atoms with Crippen molar-refractivity contribution in [2.75, 3.05) is 24.4 Å². The molecule has 29 heavy (non-hydrogen) atoms. The highest BCUT2D eigenvalue weighted by Crippen LogP contribution is 2.40. The van der Waals surface area contributed by atoms with Crippen molar-refractivity contribution in [3.05, 3.63) is 71.5 Å². The number of benzene rings is 2.